The van der Waals surface area contributed by atoms with Gasteiger partial charge >= 0.3 is 0 Å². The summed E-state index contributed by atoms with van der Waals surface area (Å²) in [6.45, 7) is 0.449. The molecule has 0 aliphatic carbocycles. The summed E-state index contributed by atoms with van der Waals surface area (Å²) in [5.41, 5.74) is 2.26. The Kier molecular flexibility index (Phi) is 4.64. The highest BCUT2D eigenvalue weighted by atomic mass is 79.9. The van der Waals surface area contributed by atoms with Crippen LogP contribution >= 0.6 is 27.7 Å². The Morgan fingerprint density at radius 3 is 2.27 bits per heavy atom. The van der Waals surface area contributed by atoms with Crippen molar-refractivity contribution in [3.05, 3.63) is 69.7 Å². The van der Waals surface area contributed by atoms with Gasteiger partial charge in [-0.3, -0.25) is 14.5 Å². The van der Waals surface area contributed by atoms with Crippen molar-refractivity contribution in [2.45, 2.75) is 5.75 Å². The van der Waals surface area contributed by atoms with Crippen LogP contribution in [0.4, 0.5) is 0 Å². The molecule has 0 N–H and O–H groups in total. The number of hydrogen-bond donors (Lipinski definition) is 0. The lowest BCUT2D eigenvalue weighted by molar-refractivity contribution is 0.0664. The molecule has 2 amide bonds. The molecule has 22 heavy (non-hydrogen) atoms. The third kappa shape index (κ3) is 3.10. The summed E-state index contributed by atoms with van der Waals surface area (Å²) in [6, 6.07) is 15.1. The molecule has 1 heterocycles. The number of thioether (sulfide) groups is 1. The van der Waals surface area contributed by atoms with E-state index in [1.165, 1.54) is 10.5 Å². The van der Waals surface area contributed by atoms with E-state index in [2.05, 4.69) is 28.1 Å². The van der Waals surface area contributed by atoms with E-state index in [9.17, 15) is 9.59 Å². The van der Waals surface area contributed by atoms with Crippen LogP contribution in [-0.2, 0) is 5.75 Å². The van der Waals surface area contributed by atoms with E-state index in [0.29, 0.717) is 17.7 Å². The molecule has 0 atom stereocenters. The Balaban J connectivity index is 1.55. The first-order valence-electron chi connectivity index (χ1n) is 6.94. The molecule has 3 nitrogen and oxygen atoms in total. The molecule has 0 bridgehead atoms. The highest BCUT2D eigenvalue weighted by Crippen LogP contribution is 2.23. The van der Waals surface area contributed by atoms with E-state index < -0.39 is 0 Å². The van der Waals surface area contributed by atoms with Crippen molar-refractivity contribution in [3.8, 4) is 0 Å². The maximum absolute atomic E-state index is 12.2. The SMILES string of the molecule is O=C1c2ccccc2C(=O)N1CCSCc1cccc(Br)c1. The van der Waals surface area contributed by atoms with Gasteiger partial charge in [-0.05, 0) is 29.8 Å². The van der Waals surface area contributed by atoms with E-state index in [4.69, 9.17) is 0 Å². The molecule has 0 unspecified atom stereocenters. The average Bonchev–Trinajstić information content (AvgIpc) is 2.77. The molecule has 5 heteroatoms. The Labute approximate surface area is 141 Å². The summed E-state index contributed by atoms with van der Waals surface area (Å²) in [4.78, 5) is 25.8. The first-order chi connectivity index (χ1) is 10.7. The number of nitrogens with zero attached hydrogens (tertiary/aromatic N) is 1. The van der Waals surface area contributed by atoms with E-state index in [-0.39, 0.29) is 11.8 Å². The second-order valence-electron chi connectivity index (χ2n) is 4.99. The molecule has 2 aromatic carbocycles. The van der Waals surface area contributed by atoms with Crippen molar-refractivity contribution in [3.63, 3.8) is 0 Å². The lowest BCUT2D eigenvalue weighted by Gasteiger charge is -2.13. The highest BCUT2D eigenvalue weighted by Gasteiger charge is 2.34. The third-order valence-corrected chi connectivity index (χ3v) is 5.00. The number of hydrogen-bond acceptors (Lipinski definition) is 3. The standard InChI is InChI=1S/C17H14BrNO2S/c18-13-5-3-4-12(10-13)11-22-9-8-19-16(20)14-6-1-2-7-15(14)17(19)21/h1-7,10H,8-9,11H2. The van der Waals surface area contributed by atoms with Gasteiger partial charge in [-0.25, -0.2) is 0 Å². The van der Waals surface area contributed by atoms with Gasteiger partial charge in [-0.2, -0.15) is 11.8 Å². The monoisotopic (exact) mass is 375 g/mol. The molecule has 0 saturated carbocycles. The Bertz CT molecular complexity index is 697. The molecule has 3 rings (SSSR count). The molecule has 0 aromatic heterocycles. The number of imide groups is 1. The molecular weight excluding hydrogens is 362 g/mol. The molecule has 0 radical (unpaired) electrons. The van der Waals surface area contributed by atoms with Crippen molar-refractivity contribution in [2.75, 3.05) is 12.3 Å². The van der Waals surface area contributed by atoms with Crippen LogP contribution < -0.4 is 0 Å². The molecular formula is C17H14BrNO2S. The molecule has 1 aliphatic rings. The lowest BCUT2D eigenvalue weighted by Crippen LogP contribution is -2.31. The lowest BCUT2D eigenvalue weighted by atomic mass is 10.1. The van der Waals surface area contributed by atoms with Gasteiger partial charge in [0.05, 0.1) is 11.1 Å². The van der Waals surface area contributed by atoms with Crippen LogP contribution in [0.15, 0.2) is 53.0 Å². The van der Waals surface area contributed by atoms with Gasteiger partial charge in [0.2, 0.25) is 0 Å². The first kappa shape index (κ1) is 15.3. The summed E-state index contributed by atoms with van der Waals surface area (Å²) in [6.07, 6.45) is 0. The summed E-state index contributed by atoms with van der Waals surface area (Å²) in [5, 5.41) is 0. The quantitative estimate of drug-likeness (QED) is 0.585. The van der Waals surface area contributed by atoms with E-state index in [1.807, 2.05) is 12.1 Å². The average molecular weight is 376 g/mol. The predicted octanol–water partition coefficient (Wildman–Crippen LogP) is 3.98. The molecule has 0 fully saturated rings. The van der Waals surface area contributed by atoms with Gasteiger partial charge in [0.15, 0.2) is 0 Å². The summed E-state index contributed by atoms with van der Waals surface area (Å²) in [7, 11) is 0. The van der Waals surface area contributed by atoms with Crippen molar-refractivity contribution in [2.24, 2.45) is 0 Å². The third-order valence-electron chi connectivity index (χ3n) is 3.50. The number of fused-ring (bicyclic) bond motifs is 1. The van der Waals surface area contributed by atoms with Gasteiger partial charge < -0.3 is 0 Å². The van der Waals surface area contributed by atoms with Gasteiger partial charge in [0, 0.05) is 22.5 Å². The number of halogens is 1. The highest BCUT2D eigenvalue weighted by molar-refractivity contribution is 9.10. The first-order valence-corrected chi connectivity index (χ1v) is 8.89. The van der Waals surface area contributed by atoms with E-state index in [0.717, 1.165) is 16.0 Å². The number of benzene rings is 2. The van der Waals surface area contributed by atoms with Gasteiger partial charge in [0.25, 0.3) is 11.8 Å². The summed E-state index contributed by atoms with van der Waals surface area (Å²) in [5.74, 6) is 1.24. The minimum atomic E-state index is -0.177. The minimum absolute atomic E-state index is 0.177. The fourth-order valence-corrected chi connectivity index (χ4v) is 3.73. The molecule has 112 valence electrons. The van der Waals surface area contributed by atoms with Crippen LogP contribution in [-0.4, -0.2) is 29.0 Å². The predicted molar refractivity (Wildman–Crippen MR) is 92.1 cm³/mol. The minimum Gasteiger partial charge on any atom is -0.274 e. The van der Waals surface area contributed by atoms with Crippen molar-refractivity contribution in [1.29, 1.82) is 0 Å². The van der Waals surface area contributed by atoms with Crippen molar-refractivity contribution in [1.82, 2.24) is 4.90 Å². The van der Waals surface area contributed by atoms with E-state index in [1.54, 1.807) is 36.0 Å². The summed E-state index contributed by atoms with van der Waals surface area (Å²) >= 11 is 5.17. The zero-order valence-electron chi connectivity index (χ0n) is 11.8. The van der Waals surface area contributed by atoms with Gasteiger partial charge in [0.1, 0.15) is 0 Å². The fourth-order valence-electron chi connectivity index (χ4n) is 2.41. The molecule has 1 aliphatic heterocycles. The Morgan fingerprint density at radius 2 is 1.64 bits per heavy atom. The van der Waals surface area contributed by atoms with Crippen LogP contribution in [0.5, 0.6) is 0 Å². The van der Waals surface area contributed by atoms with Crippen LogP contribution in [0.25, 0.3) is 0 Å². The van der Waals surface area contributed by atoms with E-state index >= 15 is 0 Å². The van der Waals surface area contributed by atoms with Crippen molar-refractivity contribution >= 4 is 39.5 Å². The topological polar surface area (TPSA) is 37.4 Å². The largest absolute Gasteiger partial charge is 0.274 e. The summed E-state index contributed by atoms with van der Waals surface area (Å²) < 4.78 is 1.06. The smallest absolute Gasteiger partial charge is 0.261 e. The maximum atomic E-state index is 12.2. The number of carbonyl (C=O) groups excluding carboxylic acids is 2. The molecule has 0 saturated heterocycles. The fraction of sp³-hybridized carbons (Fsp3) is 0.176. The van der Waals surface area contributed by atoms with Crippen LogP contribution in [0, 0.1) is 0 Å². The normalized spacial score (nSPS) is 13.6. The number of carbonyl (C=O) groups is 2. The zero-order chi connectivity index (χ0) is 15.5. The zero-order valence-corrected chi connectivity index (χ0v) is 14.2. The number of amides is 2. The second kappa shape index (κ2) is 6.67. The van der Waals surface area contributed by atoms with Gasteiger partial charge in [-0.1, -0.05) is 40.2 Å². The van der Waals surface area contributed by atoms with Crippen LogP contribution in [0.1, 0.15) is 26.3 Å². The van der Waals surface area contributed by atoms with Crippen molar-refractivity contribution < 1.29 is 9.59 Å². The molecule has 0 spiro atoms. The second-order valence-corrected chi connectivity index (χ2v) is 7.01. The van der Waals surface area contributed by atoms with Crippen LogP contribution in [0.2, 0.25) is 0 Å². The number of rotatable bonds is 5. The van der Waals surface area contributed by atoms with Gasteiger partial charge in [-0.15, -0.1) is 0 Å². The Hall–Kier alpha value is -1.59. The van der Waals surface area contributed by atoms with Crippen LogP contribution in [0.3, 0.4) is 0 Å². The Morgan fingerprint density at radius 1 is 0.955 bits per heavy atom. The maximum Gasteiger partial charge on any atom is 0.261 e. The molecule has 2 aromatic rings.